The Morgan fingerprint density at radius 3 is 2.78 bits per heavy atom. The first kappa shape index (κ1) is 11.5. The monoisotopic (exact) mass is 241 g/mol. The molecular formula is C12H7N3O3. The van der Waals surface area contributed by atoms with E-state index in [0.29, 0.717) is 5.56 Å². The number of rotatable bonds is 2. The van der Waals surface area contributed by atoms with Gasteiger partial charge in [0.15, 0.2) is 0 Å². The molecule has 0 saturated heterocycles. The van der Waals surface area contributed by atoms with Gasteiger partial charge in [0, 0.05) is 30.1 Å². The number of non-ortho nitro benzene ring substituents is 1. The summed E-state index contributed by atoms with van der Waals surface area (Å²) < 4.78 is 0. The summed E-state index contributed by atoms with van der Waals surface area (Å²) in [5.74, 6) is 0. The van der Waals surface area contributed by atoms with Crippen LogP contribution in [0.5, 0.6) is 0 Å². The zero-order valence-corrected chi connectivity index (χ0v) is 9.08. The Morgan fingerprint density at radius 2 is 2.11 bits per heavy atom. The molecule has 0 amide bonds. The van der Waals surface area contributed by atoms with Crippen LogP contribution in [0.4, 0.5) is 5.69 Å². The number of pyridine rings is 1. The maximum absolute atomic E-state index is 11.9. The van der Waals surface area contributed by atoms with Crippen molar-refractivity contribution in [2.24, 2.45) is 0 Å². The number of nitrogens with zero attached hydrogens (tertiary/aromatic N) is 2. The molecule has 6 nitrogen and oxygen atoms in total. The van der Waals surface area contributed by atoms with Gasteiger partial charge in [-0.1, -0.05) is 12.1 Å². The van der Waals surface area contributed by atoms with Crippen LogP contribution < -0.4 is 5.43 Å². The summed E-state index contributed by atoms with van der Waals surface area (Å²) in [6, 6.07) is 7.48. The lowest BCUT2D eigenvalue weighted by molar-refractivity contribution is -0.384. The molecule has 2 aromatic rings. The number of aromatic nitrogens is 1. The van der Waals surface area contributed by atoms with Crippen molar-refractivity contribution in [1.29, 1.82) is 5.26 Å². The van der Waals surface area contributed by atoms with Crippen LogP contribution in [0.1, 0.15) is 5.56 Å². The molecule has 88 valence electrons. The van der Waals surface area contributed by atoms with Crippen LogP contribution >= 0.6 is 0 Å². The smallest absolute Gasteiger partial charge is 0.270 e. The Balaban J connectivity index is 2.63. The van der Waals surface area contributed by atoms with Gasteiger partial charge in [-0.05, 0) is 5.56 Å². The van der Waals surface area contributed by atoms with Crippen LogP contribution in [0.15, 0.2) is 41.5 Å². The minimum absolute atomic E-state index is 0.0287. The van der Waals surface area contributed by atoms with E-state index in [1.807, 2.05) is 0 Å². The lowest BCUT2D eigenvalue weighted by Gasteiger charge is -2.00. The molecule has 0 bridgehead atoms. The molecule has 1 aromatic heterocycles. The fourth-order valence-electron chi connectivity index (χ4n) is 1.57. The van der Waals surface area contributed by atoms with Gasteiger partial charge in [-0.25, -0.2) is 0 Å². The van der Waals surface area contributed by atoms with Gasteiger partial charge >= 0.3 is 0 Å². The molecule has 0 saturated carbocycles. The molecule has 0 unspecified atom stereocenters. The largest absolute Gasteiger partial charge is 0.366 e. The zero-order chi connectivity index (χ0) is 13.1. The molecular weight excluding hydrogens is 234 g/mol. The van der Waals surface area contributed by atoms with Crippen LogP contribution in [-0.4, -0.2) is 9.91 Å². The first-order valence-corrected chi connectivity index (χ1v) is 4.99. The summed E-state index contributed by atoms with van der Waals surface area (Å²) in [7, 11) is 0. The standard InChI is InChI=1S/C12H7N3O3/c13-5-9-6-14-7-11(12(9)16)8-2-1-3-10(4-8)15(17)18/h1-4,6-7H,(H,14,16). The van der Waals surface area contributed by atoms with E-state index in [4.69, 9.17) is 5.26 Å². The summed E-state index contributed by atoms with van der Waals surface area (Å²) in [6.07, 6.45) is 2.71. The zero-order valence-electron chi connectivity index (χ0n) is 9.08. The van der Waals surface area contributed by atoms with Gasteiger partial charge in [-0.15, -0.1) is 0 Å². The van der Waals surface area contributed by atoms with Crippen molar-refractivity contribution in [2.75, 3.05) is 0 Å². The first-order valence-electron chi connectivity index (χ1n) is 4.99. The average molecular weight is 241 g/mol. The van der Waals surface area contributed by atoms with Gasteiger partial charge < -0.3 is 4.98 Å². The highest BCUT2D eigenvalue weighted by molar-refractivity contribution is 5.66. The van der Waals surface area contributed by atoms with E-state index in [0.717, 1.165) is 0 Å². The maximum atomic E-state index is 11.9. The van der Waals surface area contributed by atoms with Crippen molar-refractivity contribution in [3.05, 3.63) is 62.6 Å². The molecule has 0 aliphatic heterocycles. The Hall–Kier alpha value is -2.94. The Bertz CT molecular complexity index is 713. The van der Waals surface area contributed by atoms with E-state index >= 15 is 0 Å². The Labute approximate surface area is 101 Å². The lowest BCUT2D eigenvalue weighted by atomic mass is 10.1. The van der Waals surface area contributed by atoms with E-state index in [-0.39, 0.29) is 16.8 Å². The highest BCUT2D eigenvalue weighted by Crippen LogP contribution is 2.20. The Morgan fingerprint density at radius 1 is 1.33 bits per heavy atom. The number of nitriles is 1. The fraction of sp³-hybridized carbons (Fsp3) is 0. The molecule has 18 heavy (non-hydrogen) atoms. The number of nitro groups is 1. The second-order valence-electron chi connectivity index (χ2n) is 3.53. The minimum Gasteiger partial charge on any atom is -0.366 e. The van der Waals surface area contributed by atoms with Crippen molar-refractivity contribution in [3.8, 4) is 17.2 Å². The number of aromatic amines is 1. The molecule has 0 radical (unpaired) electrons. The molecule has 0 aliphatic carbocycles. The number of nitro benzene ring substituents is 1. The molecule has 2 rings (SSSR count). The van der Waals surface area contributed by atoms with E-state index in [1.165, 1.54) is 30.6 Å². The summed E-state index contributed by atoms with van der Waals surface area (Å²) in [6.45, 7) is 0. The van der Waals surface area contributed by atoms with Crippen LogP contribution in [0.3, 0.4) is 0 Å². The van der Waals surface area contributed by atoms with Crippen molar-refractivity contribution in [2.45, 2.75) is 0 Å². The third-order valence-corrected chi connectivity index (χ3v) is 2.43. The van der Waals surface area contributed by atoms with Crippen LogP contribution in [0, 0.1) is 21.4 Å². The minimum atomic E-state index is -0.536. The molecule has 0 atom stereocenters. The third-order valence-electron chi connectivity index (χ3n) is 2.43. The maximum Gasteiger partial charge on any atom is 0.270 e. The summed E-state index contributed by atoms with van der Waals surface area (Å²) in [5, 5.41) is 19.4. The molecule has 0 aliphatic rings. The van der Waals surface area contributed by atoms with Crippen LogP contribution in [-0.2, 0) is 0 Å². The summed E-state index contributed by atoms with van der Waals surface area (Å²) in [5.41, 5.74) is 0.0605. The normalized spacial score (nSPS) is 9.72. The second kappa shape index (κ2) is 4.51. The molecule has 1 N–H and O–H groups in total. The second-order valence-corrected chi connectivity index (χ2v) is 3.53. The molecule has 0 spiro atoms. The number of H-pyrrole nitrogens is 1. The SMILES string of the molecule is N#Cc1c[nH]cc(-c2cccc([N+](=O)[O-])c2)c1=O. The van der Waals surface area contributed by atoms with Gasteiger partial charge in [0.2, 0.25) is 5.43 Å². The average Bonchev–Trinajstić information content (AvgIpc) is 2.39. The third kappa shape index (κ3) is 1.97. The lowest BCUT2D eigenvalue weighted by Crippen LogP contribution is -2.09. The van der Waals surface area contributed by atoms with E-state index in [2.05, 4.69) is 4.98 Å². The Kier molecular flexibility index (Phi) is 2.89. The van der Waals surface area contributed by atoms with E-state index in [1.54, 1.807) is 12.1 Å². The number of nitrogens with one attached hydrogen (secondary N) is 1. The van der Waals surface area contributed by atoms with Crippen molar-refractivity contribution >= 4 is 5.69 Å². The number of hydrogen-bond donors (Lipinski definition) is 1. The van der Waals surface area contributed by atoms with Crippen molar-refractivity contribution < 1.29 is 4.92 Å². The van der Waals surface area contributed by atoms with Crippen molar-refractivity contribution in [1.82, 2.24) is 4.98 Å². The van der Waals surface area contributed by atoms with Gasteiger partial charge in [0.25, 0.3) is 5.69 Å². The quantitative estimate of drug-likeness (QED) is 0.640. The first-order chi connectivity index (χ1) is 8.63. The van der Waals surface area contributed by atoms with E-state index in [9.17, 15) is 14.9 Å². The van der Waals surface area contributed by atoms with Gasteiger partial charge in [-0.3, -0.25) is 14.9 Å². The van der Waals surface area contributed by atoms with Crippen molar-refractivity contribution in [3.63, 3.8) is 0 Å². The van der Waals surface area contributed by atoms with Gasteiger partial charge in [0.05, 0.1) is 4.92 Å². The number of hydrogen-bond acceptors (Lipinski definition) is 4. The molecule has 1 aromatic carbocycles. The summed E-state index contributed by atoms with van der Waals surface area (Å²) >= 11 is 0. The highest BCUT2D eigenvalue weighted by atomic mass is 16.6. The highest BCUT2D eigenvalue weighted by Gasteiger charge is 2.11. The van der Waals surface area contributed by atoms with E-state index < -0.39 is 10.4 Å². The van der Waals surface area contributed by atoms with Crippen LogP contribution in [0.2, 0.25) is 0 Å². The van der Waals surface area contributed by atoms with Gasteiger partial charge in [-0.2, -0.15) is 5.26 Å². The topological polar surface area (TPSA) is 99.8 Å². The van der Waals surface area contributed by atoms with Gasteiger partial charge in [0.1, 0.15) is 11.6 Å². The summed E-state index contributed by atoms with van der Waals surface area (Å²) in [4.78, 5) is 24.7. The predicted molar refractivity (Wildman–Crippen MR) is 63.9 cm³/mol. The van der Waals surface area contributed by atoms with Crippen LogP contribution in [0.25, 0.3) is 11.1 Å². The number of benzene rings is 1. The molecule has 6 heteroatoms. The molecule has 0 fully saturated rings. The molecule has 1 heterocycles. The fourth-order valence-corrected chi connectivity index (χ4v) is 1.57. The predicted octanol–water partition coefficient (Wildman–Crippen LogP) is 1.82.